The van der Waals surface area contributed by atoms with Gasteiger partial charge in [-0.2, -0.15) is 13.2 Å². The third-order valence-electron chi connectivity index (χ3n) is 2.75. The molecule has 1 atom stereocenters. The molecule has 1 rings (SSSR count). The molecule has 0 bridgehead atoms. The zero-order valence-corrected chi connectivity index (χ0v) is 9.59. The Labute approximate surface area is 98.3 Å². The van der Waals surface area contributed by atoms with Crippen molar-refractivity contribution in [1.29, 1.82) is 0 Å². The van der Waals surface area contributed by atoms with Crippen LogP contribution in [-0.2, 0) is 4.79 Å². The van der Waals surface area contributed by atoms with Gasteiger partial charge in [-0.15, -0.1) is 0 Å². The highest BCUT2D eigenvalue weighted by atomic mass is 19.4. The number of alkyl halides is 3. The minimum Gasteiger partial charge on any atom is -0.355 e. The lowest BCUT2D eigenvalue weighted by atomic mass is 10.1. The molecule has 1 fully saturated rings. The summed E-state index contributed by atoms with van der Waals surface area (Å²) in [4.78, 5) is 12.8. The second-order valence-electron chi connectivity index (χ2n) is 4.18. The van der Waals surface area contributed by atoms with Gasteiger partial charge in [0.05, 0.1) is 12.6 Å². The van der Waals surface area contributed by atoms with E-state index in [1.807, 2.05) is 0 Å². The lowest BCUT2D eigenvalue weighted by Gasteiger charge is -2.29. The Kier molecular flexibility index (Phi) is 5.20. The summed E-state index contributed by atoms with van der Waals surface area (Å²) in [5, 5.41) is 2.63. The molecule has 0 aromatic carbocycles. The first kappa shape index (κ1) is 14.2. The van der Waals surface area contributed by atoms with Gasteiger partial charge in [-0.3, -0.25) is 9.69 Å². The molecule has 1 amide bonds. The zero-order chi connectivity index (χ0) is 12.9. The fourth-order valence-corrected chi connectivity index (χ4v) is 2.01. The average molecular weight is 253 g/mol. The molecule has 0 radical (unpaired) electrons. The van der Waals surface area contributed by atoms with Gasteiger partial charge in [-0.1, -0.05) is 0 Å². The van der Waals surface area contributed by atoms with Crippen LogP contribution in [0.15, 0.2) is 0 Å². The van der Waals surface area contributed by atoms with Crippen LogP contribution >= 0.6 is 0 Å². The van der Waals surface area contributed by atoms with Crippen molar-refractivity contribution in [2.24, 2.45) is 5.73 Å². The maximum Gasteiger partial charge on any atom is 0.401 e. The Morgan fingerprint density at radius 3 is 2.71 bits per heavy atom. The number of carbonyl (C=O) groups is 1. The van der Waals surface area contributed by atoms with Gasteiger partial charge in [0.25, 0.3) is 0 Å². The molecule has 1 heterocycles. The molecule has 0 spiro atoms. The smallest absolute Gasteiger partial charge is 0.355 e. The Bertz CT molecular complexity index is 258. The summed E-state index contributed by atoms with van der Waals surface area (Å²) < 4.78 is 37.2. The number of amides is 1. The fraction of sp³-hybridized carbons (Fsp3) is 0.900. The minimum atomic E-state index is -4.30. The summed E-state index contributed by atoms with van der Waals surface area (Å²) in [6.45, 7) is -0.350. The number of hydrogen-bond acceptors (Lipinski definition) is 3. The Morgan fingerprint density at radius 2 is 2.12 bits per heavy atom. The number of nitrogens with two attached hydrogens (primary N) is 1. The molecule has 4 nitrogen and oxygen atoms in total. The second-order valence-corrected chi connectivity index (χ2v) is 4.18. The van der Waals surface area contributed by atoms with E-state index in [-0.39, 0.29) is 19.0 Å². The SMILES string of the molecule is NCCN(CC(F)(F)F)C1CCCCNC1=O. The summed E-state index contributed by atoms with van der Waals surface area (Å²) in [7, 11) is 0. The molecule has 1 unspecified atom stereocenters. The van der Waals surface area contributed by atoms with Crippen LogP contribution in [0.3, 0.4) is 0 Å². The van der Waals surface area contributed by atoms with Crippen LogP contribution in [0.5, 0.6) is 0 Å². The fourth-order valence-electron chi connectivity index (χ4n) is 2.01. The van der Waals surface area contributed by atoms with Crippen molar-refractivity contribution in [3.8, 4) is 0 Å². The van der Waals surface area contributed by atoms with Gasteiger partial charge in [-0.25, -0.2) is 0 Å². The highest BCUT2D eigenvalue weighted by molar-refractivity contribution is 5.81. The van der Waals surface area contributed by atoms with E-state index in [0.29, 0.717) is 13.0 Å². The molecule has 0 aromatic rings. The van der Waals surface area contributed by atoms with Gasteiger partial charge in [-0.05, 0) is 19.3 Å². The van der Waals surface area contributed by atoms with E-state index in [1.54, 1.807) is 0 Å². The summed E-state index contributed by atoms with van der Waals surface area (Å²) in [6, 6.07) is -0.706. The van der Waals surface area contributed by atoms with Crippen molar-refractivity contribution in [3.05, 3.63) is 0 Å². The first-order chi connectivity index (χ1) is 7.94. The van der Waals surface area contributed by atoms with Gasteiger partial charge in [0.2, 0.25) is 5.91 Å². The van der Waals surface area contributed by atoms with E-state index in [2.05, 4.69) is 5.32 Å². The molecule has 1 saturated heterocycles. The van der Waals surface area contributed by atoms with E-state index < -0.39 is 18.8 Å². The monoisotopic (exact) mass is 253 g/mol. The number of rotatable bonds is 4. The second kappa shape index (κ2) is 6.20. The molecule has 1 aliphatic rings. The van der Waals surface area contributed by atoms with Crippen molar-refractivity contribution in [2.75, 3.05) is 26.2 Å². The summed E-state index contributed by atoms with van der Waals surface area (Å²) in [6.07, 6.45) is -2.28. The van der Waals surface area contributed by atoms with Gasteiger partial charge < -0.3 is 11.1 Å². The maximum absolute atomic E-state index is 12.4. The number of carbonyl (C=O) groups excluding carboxylic acids is 1. The van der Waals surface area contributed by atoms with Gasteiger partial charge >= 0.3 is 6.18 Å². The summed E-state index contributed by atoms with van der Waals surface area (Å²) >= 11 is 0. The van der Waals surface area contributed by atoms with Crippen molar-refractivity contribution in [2.45, 2.75) is 31.5 Å². The summed E-state index contributed by atoms with van der Waals surface area (Å²) in [5.41, 5.74) is 5.30. The Hall–Kier alpha value is -0.820. The predicted octanol–water partition coefficient (Wildman–Crippen LogP) is 0.478. The lowest BCUT2D eigenvalue weighted by Crippen LogP contribution is -2.50. The van der Waals surface area contributed by atoms with Crippen LogP contribution in [0.25, 0.3) is 0 Å². The minimum absolute atomic E-state index is 0.0809. The van der Waals surface area contributed by atoms with E-state index >= 15 is 0 Å². The predicted molar refractivity (Wildman–Crippen MR) is 57.3 cm³/mol. The summed E-state index contributed by atoms with van der Waals surface area (Å²) in [5.74, 6) is -0.319. The molecular weight excluding hydrogens is 235 g/mol. The average Bonchev–Trinajstić information content (AvgIpc) is 2.40. The number of halogens is 3. The van der Waals surface area contributed by atoms with E-state index in [4.69, 9.17) is 5.73 Å². The lowest BCUT2D eigenvalue weighted by molar-refractivity contribution is -0.155. The van der Waals surface area contributed by atoms with Crippen molar-refractivity contribution < 1.29 is 18.0 Å². The molecule has 1 aliphatic heterocycles. The first-order valence-corrected chi connectivity index (χ1v) is 5.72. The van der Waals surface area contributed by atoms with Gasteiger partial charge in [0, 0.05) is 19.6 Å². The van der Waals surface area contributed by atoms with Crippen LogP contribution in [0.2, 0.25) is 0 Å². The van der Waals surface area contributed by atoms with Crippen LogP contribution in [-0.4, -0.2) is 49.2 Å². The number of nitrogens with zero attached hydrogens (tertiary/aromatic N) is 1. The molecule has 3 N–H and O–H groups in total. The Morgan fingerprint density at radius 1 is 1.41 bits per heavy atom. The number of hydrogen-bond donors (Lipinski definition) is 2. The number of nitrogens with one attached hydrogen (secondary N) is 1. The molecule has 7 heteroatoms. The van der Waals surface area contributed by atoms with Crippen molar-refractivity contribution in [3.63, 3.8) is 0 Å². The maximum atomic E-state index is 12.4. The molecule has 0 saturated carbocycles. The van der Waals surface area contributed by atoms with E-state index in [0.717, 1.165) is 17.7 Å². The van der Waals surface area contributed by atoms with Gasteiger partial charge in [0.1, 0.15) is 0 Å². The largest absolute Gasteiger partial charge is 0.401 e. The molecule has 0 aliphatic carbocycles. The topological polar surface area (TPSA) is 58.4 Å². The molecule has 0 aromatic heterocycles. The highest BCUT2D eigenvalue weighted by Crippen LogP contribution is 2.20. The normalized spacial score (nSPS) is 22.4. The zero-order valence-electron chi connectivity index (χ0n) is 9.59. The molecular formula is C10H18F3N3O. The first-order valence-electron chi connectivity index (χ1n) is 5.72. The van der Waals surface area contributed by atoms with Crippen molar-refractivity contribution in [1.82, 2.24) is 10.2 Å². The van der Waals surface area contributed by atoms with Crippen molar-refractivity contribution >= 4 is 5.91 Å². The van der Waals surface area contributed by atoms with E-state index in [9.17, 15) is 18.0 Å². The van der Waals surface area contributed by atoms with Crippen LogP contribution in [0.4, 0.5) is 13.2 Å². The quantitative estimate of drug-likeness (QED) is 0.766. The Balaban J connectivity index is 2.69. The van der Waals surface area contributed by atoms with Crippen LogP contribution in [0, 0.1) is 0 Å². The highest BCUT2D eigenvalue weighted by Gasteiger charge is 2.36. The third kappa shape index (κ3) is 4.91. The third-order valence-corrected chi connectivity index (χ3v) is 2.75. The standard InChI is InChI=1S/C10H18F3N3O/c11-10(12,13)7-16(6-4-14)8-3-1-2-5-15-9(8)17/h8H,1-7,14H2,(H,15,17). The molecule has 17 heavy (non-hydrogen) atoms. The van der Waals surface area contributed by atoms with Gasteiger partial charge in [0.15, 0.2) is 0 Å². The van der Waals surface area contributed by atoms with Crippen LogP contribution < -0.4 is 11.1 Å². The molecule has 100 valence electrons. The van der Waals surface area contributed by atoms with E-state index in [1.165, 1.54) is 0 Å². The van der Waals surface area contributed by atoms with Crippen LogP contribution in [0.1, 0.15) is 19.3 Å².